The van der Waals surface area contributed by atoms with E-state index in [-0.39, 0.29) is 17.9 Å². The Bertz CT molecular complexity index is 291. The normalized spacial score (nSPS) is 17.9. The van der Waals surface area contributed by atoms with E-state index in [1.165, 1.54) is 6.92 Å². The van der Waals surface area contributed by atoms with Crippen molar-refractivity contribution < 1.29 is 19.1 Å². The SMILES string of the molecule is CC(=O)NCCCC(=O)NCCCOCC1CCCO1. The molecule has 0 saturated carbocycles. The van der Waals surface area contributed by atoms with Crippen molar-refractivity contribution in [2.75, 3.05) is 32.9 Å². The molecule has 1 rings (SSSR count). The van der Waals surface area contributed by atoms with Crippen LogP contribution in [0, 0.1) is 0 Å². The third-order valence-electron chi connectivity index (χ3n) is 3.07. The zero-order valence-electron chi connectivity index (χ0n) is 12.3. The summed E-state index contributed by atoms with van der Waals surface area (Å²) in [5.41, 5.74) is 0. The maximum atomic E-state index is 11.4. The fourth-order valence-corrected chi connectivity index (χ4v) is 1.99. The minimum Gasteiger partial charge on any atom is -0.379 e. The average molecular weight is 286 g/mol. The van der Waals surface area contributed by atoms with Crippen molar-refractivity contribution in [3.63, 3.8) is 0 Å². The van der Waals surface area contributed by atoms with E-state index in [0.29, 0.717) is 39.1 Å². The molecule has 1 fully saturated rings. The zero-order chi connectivity index (χ0) is 14.6. The minimum atomic E-state index is -0.0613. The summed E-state index contributed by atoms with van der Waals surface area (Å²) in [6.07, 6.45) is 4.40. The van der Waals surface area contributed by atoms with Gasteiger partial charge in [-0.1, -0.05) is 0 Å². The van der Waals surface area contributed by atoms with Crippen LogP contribution >= 0.6 is 0 Å². The molecule has 0 aromatic heterocycles. The molecular formula is C14H26N2O4. The van der Waals surface area contributed by atoms with Gasteiger partial charge in [0.1, 0.15) is 0 Å². The van der Waals surface area contributed by atoms with E-state index in [2.05, 4.69) is 10.6 Å². The van der Waals surface area contributed by atoms with E-state index in [1.807, 2.05) is 0 Å². The molecule has 2 N–H and O–H groups in total. The molecular weight excluding hydrogens is 260 g/mol. The number of carbonyl (C=O) groups is 2. The van der Waals surface area contributed by atoms with Gasteiger partial charge in [0.25, 0.3) is 0 Å². The number of hydrogen-bond donors (Lipinski definition) is 2. The van der Waals surface area contributed by atoms with Crippen molar-refractivity contribution in [2.24, 2.45) is 0 Å². The molecule has 0 aromatic rings. The Hall–Kier alpha value is -1.14. The van der Waals surface area contributed by atoms with Crippen LogP contribution in [0.2, 0.25) is 0 Å². The van der Waals surface area contributed by atoms with Crippen molar-refractivity contribution in [1.29, 1.82) is 0 Å². The van der Waals surface area contributed by atoms with Gasteiger partial charge in [0.05, 0.1) is 12.7 Å². The second-order valence-corrected chi connectivity index (χ2v) is 5.00. The van der Waals surface area contributed by atoms with Gasteiger partial charge in [-0.2, -0.15) is 0 Å². The number of amides is 2. The lowest BCUT2D eigenvalue weighted by Gasteiger charge is -2.10. The zero-order valence-corrected chi connectivity index (χ0v) is 12.3. The molecule has 1 saturated heterocycles. The Labute approximate surface area is 120 Å². The standard InChI is InChI=1S/C14H26N2O4/c1-12(17)15-7-2-6-14(18)16-8-4-9-19-11-13-5-3-10-20-13/h13H,2-11H2,1H3,(H,15,17)(H,16,18). The highest BCUT2D eigenvalue weighted by molar-refractivity contribution is 5.76. The van der Waals surface area contributed by atoms with E-state index in [0.717, 1.165) is 25.9 Å². The molecule has 6 heteroatoms. The predicted molar refractivity (Wildman–Crippen MR) is 75.3 cm³/mol. The number of ether oxygens (including phenoxy) is 2. The Morgan fingerprint density at radius 3 is 2.75 bits per heavy atom. The van der Waals surface area contributed by atoms with Crippen molar-refractivity contribution in [1.82, 2.24) is 10.6 Å². The highest BCUT2D eigenvalue weighted by Gasteiger charge is 2.14. The van der Waals surface area contributed by atoms with E-state index < -0.39 is 0 Å². The van der Waals surface area contributed by atoms with E-state index >= 15 is 0 Å². The van der Waals surface area contributed by atoms with Crippen LogP contribution in [-0.2, 0) is 19.1 Å². The molecule has 0 aromatic carbocycles. The minimum absolute atomic E-state index is 0.0227. The molecule has 0 spiro atoms. The number of hydrogen-bond acceptors (Lipinski definition) is 4. The second-order valence-electron chi connectivity index (χ2n) is 5.00. The maximum absolute atomic E-state index is 11.4. The first kappa shape index (κ1) is 16.9. The first-order chi connectivity index (χ1) is 9.68. The number of rotatable bonds is 10. The van der Waals surface area contributed by atoms with Crippen molar-refractivity contribution >= 4 is 11.8 Å². The van der Waals surface area contributed by atoms with E-state index in [1.54, 1.807) is 0 Å². The molecule has 0 bridgehead atoms. The topological polar surface area (TPSA) is 76.7 Å². The van der Waals surface area contributed by atoms with Gasteiger partial charge < -0.3 is 20.1 Å². The molecule has 20 heavy (non-hydrogen) atoms. The van der Waals surface area contributed by atoms with Crippen LogP contribution < -0.4 is 10.6 Å². The van der Waals surface area contributed by atoms with Gasteiger partial charge in [-0.25, -0.2) is 0 Å². The molecule has 1 heterocycles. The summed E-state index contributed by atoms with van der Waals surface area (Å²) >= 11 is 0. The first-order valence-corrected chi connectivity index (χ1v) is 7.39. The Morgan fingerprint density at radius 2 is 2.05 bits per heavy atom. The monoisotopic (exact) mass is 286 g/mol. The van der Waals surface area contributed by atoms with Gasteiger partial charge in [-0.15, -0.1) is 0 Å². The molecule has 0 aliphatic carbocycles. The lowest BCUT2D eigenvalue weighted by Crippen LogP contribution is -2.27. The van der Waals surface area contributed by atoms with Crippen molar-refractivity contribution in [3.05, 3.63) is 0 Å². The molecule has 0 radical (unpaired) electrons. The summed E-state index contributed by atoms with van der Waals surface area (Å²) in [5, 5.41) is 5.50. The fourth-order valence-electron chi connectivity index (χ4n) is 1.99. The summed E-state index contributed by atoms with van der Waals surface area (Å²) in [5.74, 6) is -0.0386. The Kier molecular flexibility index (Phi) is 8.98. The number of carbonyl (C=O) groups excluding carboxylic acids is 2. The highest BCUT2D eigenvalue weighted by atomic mass is 16.5. The summed E-state index contributed by atoms with van der Waals surface area (Å²) < 4.78 is 10.9. The van der Waals surface area contributed by atoms with E-state index in [9.17, 15) is 9.59 Å². The molecule has 2 amide bonds. The second kappa shape index (κ2) is 10.6. The van der Waals surface area contributed by atoms with Crippen LogP contribution in [0.4, 0.5) is 0 Å². The molecule has 116 valence electrons. The van der Waals surface area contributed by atoms with Crippen LogP contribution in [0.25, 0.3) is 0 Å². The number of nitrogens with one attached hydrogen (secondary N) is 2. The first-order valence-electron chi connectivity index (χ1n) is 7.39. The average Bonchev–Trinajstić information content (AvgIpc) is 2.91. The van der Waals surface area contributed by atoms with Gasteiger partial charge >= 0.3 is 0 Å². The maximum Gasteiger partial charge on any atom is 0.220 e. The summed E-state index contributed by atoms with van der Waals surface area (Å²) in [4.78, 5) is 22.1. The third kappa shape index (κ3) is 8.87. The molecule has 1 atom stereocenters. The van der Waals surface area contributed by atoms with Gasteiger partial charge in [0, 0.05) is 39.6 Å². The van der Waals surface area contributed by atoms with Gasteiger partial charge in [0.15, 0.2) is 0 Å². The third-order valence-corrected chi connectivity index (χ3v) is 3.07. The van der Waals surface area contributed by atoms with Crippen LogP contribution in [0.1, 0.15) is 39.0 Å². The Morgan fingerprint density at radius 1 is 1.25 bits per heavy atom. The lowest BCUT2D eigenvalue weighted by molar-refractivity contribution is -0.122. The van der Waals surface area contributed by atoms with Crippen molar-refractivity contribution in [2.45, 2.75) is 45.1 Å². The molecule has 6 nitrogen and oxygen atoms in total. The van der Waals surface area contributed by atoms with Crippen LogP contribution in [0.5, 0.6) is 0 Å². The van der Waals surface area contributed by atoms with Gasteiger partial charge in [-0.05, 0) is 25.7 Å². The van der Waals surface area contributed by atoms with Crippen LogP contribution in [0.3, 0.4) is 0 Å². The highest BCUT2D eigenvalue weighted by Crippen LogP contribution is 2.11. The quantitative estimate of drug-likeness (QED) is 0.577. The molecule has 1 aliphatic heterocycles. The summed E-state index contributed by atoms with van der Waals surface area (Å²) in [6, 6.07) is 0. The molecule has 1 unspecified atom stereocenters. The predicted octanol–water partition coefficient (Wildman–Crippen LogP) is 0.605. The fraction of sp³-hybridized carbons (Fsp3) is 0.857. The smallest absolute Gasteiger partial charge is 0.220 e. The van der Waals surface area contributed by atoms with E-state index in [4.69, 9.17) is 9.47 Å². The van der Waals surface area contributed by atoms with Crippen LogP contribution in [0.15, 0.2) is 0 Å². The van der Waals surface area contributed by atoms with Crippen LogP contribution in [-0.4, -0.2) is 50.8 Å². The van der Waals surface area contributed by atoms with Gasteiger partial charge in [-0.3, -0.25) is 9.59 Å². The lowest BCUT2D eigenvalue weighted by atomic mass is 10.2. The van der Waals surface area contributed by atoms with Crippen molar-refractivity contribution in [3.8, 4) is 0 Å². The summed E-state index contributed by atoms with van der Waals surface area (Å²) in [6.45, 7) is 4.80. The van der Waals surface area contributed by atoms with Gasteiger partial charge in [0.2, 0.25) is 11.8 Å². The Balaban J connectivity index is 1.82. The molecule has 1 aliphatic rings. The largest absolute Gasteiger partial charge is 0.379 e. The summed E-state index contributed by atoms with van der Waals surface area (Å²) in [7, 11) is 0.